The molecule has 1 amide bonds. The molecule has 3 aliphatic heterocycles. The van der Waals surface area contributed by atoms with Crippen LogP contribution in [0.3, 0.4) is 0 Å². The van der Waals surface area contributed by atoms with Gasteiger partial charge in [-0.05, 0) is 74.7 Å². The number of anilines is 1. The predicted molar refractivity (Wildman–Crippen MR) is 123 cm³/mol. The van der Waals surface area contributed by atoms with Crippen molar-refractivity contribution in [3.8, 4) is 17.2 Å². The number of rotatable bonds is 6. The number of methoxy groups -OCH3 is 1. The average molecular weight is 449 g/mol. The van der Waals surface area contributed by atoms with Gasteiger partial charge in [0.05, 0.1) is 13.4 Å². The maximum absolute atomic E-state index is 12.3. The summed E-state index contributed by atoms with van der Waals surface area (Å²) in [7, 11) is 1.61. The number of amides is 1. The van der Waals surface area contributed by atoms with Crippen LogP contribution in [0.1, 0.15) is 30.3 Å². The van der Waals surface area contributed by atoms with E-state index in [2.05, 4.69) is 21.3 Å². The molecular weight excluding hydrogens is 420 g/mol. The lowest BCUT2D eigenvalue weighted by molar-refractivity contribution is -0.00151. The number of aromatic nitrogens is 2. The molecule has 172 valence electrons. The van der Waals surface area contributed by atoms with Crippen molar-refractivity contribution in [3.05, 3.63) is 60.2 Å². The summed E-state index contributed by atoms with van der Waals surface area (Å²) in [5, 5.41) is 2.78. The van der Waals surface area contributed by atoms with Gasteiger partial charge in [-0.25, -0.2) is 14.8 Å². The van der Waals surface area contributed by atoms with Crippen molar-refractivity contribution in [2.45, 2.75) is 31.7 Å². The number of furan rings is 1. The quantitative estimate of drug-likeness (QED) is 0.595. The fraction of sp³-hybridized carbons (Fsp3) is 0.400. The van der Waals surface area contributed by atoms with E-state index in [1.54, 1.807) is 37.6 Å². The standard InChI is InChI=1S/C25H28N4O4/c1-16-26-22(13-23(27-16)24-4-3-11-32-24)21-14-29-10-9-17(21)12-19(29)15-33-25(30)28-18-5-7-20(31-2)8-6-18/h3-8,11,13,17,19,21H,9-10,12,14-15H2,1-2H3,(H,28,30). The number of nitrogens with one attached hydrogen (secondary N) is 1. The topological polar surface area (TPSA) is 89.7 Å². The van der Waals surface area contributed by atoms with Crippen LogP contribution in [0.4, 0.5) is 10.5 Å². The molecule has 0 spiro atoms. The number of ether oxygens (including phenoxy) is 2. The normalized spacial score (nSPS) is 23.8. The van der Waals surface area contributed by atoms with Crippen LogP contribution in [0.25, 0.3) is 11.5 Å². The van der Waals surface area contributed by atoms with Crippen LogP contribution in [0.2, 0.25) is 0 Å². The van der Waals surface area contributed by atoms with Gasteiger partial charge in [0, 0.05) is 29.9 Å². The Kier molecular flexibility index (Phi) is 6.00. The SMILES string of the molecule is COc1ccc(NC(=O)OCC2CC3CCN2CC3c2cc(-c3ccco3)nc(C)n2)cc1. The fourth-order valence-corrected chi connectivity index (χ4v) is 4.98. The zero-order valence-corrected chi connectivity index (χ0v) is 18.9. The van der Waals surface area contributed by atoms with Crippen molar-refractivity contribution in [2.75, 3.05) is 32.1 Å². The summed E-state index contributed by atoms with van der Waals surface area (Å²) in [5.41, 5.74) is 2.58. The number of hydrogen-bond donors (Lipinski definition) is 1. The molecule has 33 heavy (non-hydrogen) atoms. The first-order valence-corrected chi connectivity index (χ1v) is 11.3. The van der Waals surface area contributed by atoms with Gasteiger partial charge in [0.25, 0.3) is 0 Å². The van der Waals surface area contributed by atoms with Crippen LogP contribution in [0.5, 0.6) is 5.75 Å². The van der Waals surface area contributed by atoms with Crippen molar-refractivity contribution < 1.29 is 18.7 Å². The Morgan fingerprint density at radius 3 is 2.79 bits per heavy atom. The highest BCUT2D eigenvalue weighted by Crippen LogP contribution is 2.42. The molecule has 8 nitrogen and oxygen atoms in total. The molecule has 0 aliphatic carbocycles. The van der Waals surface area contributed by atoms with E-state index in [0.717, 1.165) is 54.7 Å². The number of benzene rings is 1. The smallest absolute Gasteiger partial charge is 0.411 e. The predicted octanol–water partition coefficient (Wildman–Crippen LogP) is 4.48. The van der Waals surface area contributed by atoms with Crippen LogP contribution in [0, 0.1) is 12.8 Å². The van der Waals surface area contributed by atoms with Crippen LogP contribution in [-0.2, 0) is 4.74 Å². The van der Waals surface area contributed by atoms with E-state index in [1.165, 1.54) is 0 Å². The van der Waals surface area contributed by atoms with Gasteiger partial charge in [0.2, 0.25) is 0 Å². The van der Waals surface area contributed by atoms with Crippen molar-refractivity contribution >= 4 is 11.8 Å². The summed E-state index contributed by atoms with van der Waals surface area (Å²) in [6, 6.07) is 13.3. The Labute approximate surface area is 192 Å². The molecule has 3 aromatic rings. The van der Waals surface area contributed by atoms with Gasteiger partial charge in [-0.15, -0.1) is 0 Å². The molecular formula is C25H28N4O4. The molecule has 2 bridgehead atoms. The lowest BCUT2D eigenvalue weighted by Crippen LogP contribution is -2.54. The summed E-state index contributed by atoms with van der Waals surface area (Å²) in [6.45, 7) is 4.23. The van der Waals surface area contributed by atoms with Gasteiger partial charge < -0.3 is 13.9 Å². The van der Waals surface area contributed by atoms with Crippen molar-refractivity contribution in [2.24, 2.45) is 5.92 Å². The van der Waals surface area contributed by atoms with E-state index in [-0.39, 0.29) is 6.04 Å². The summed E-state index contributed by atoms with van der Waals surface area (Å²) in [4.78, 5) is 24.0. The second-order valence-electron chi connectivity index (χ2n) is 8.69. The molecule has 1 aromatic carbocycles. The fourth-order valence-electron chi connectivity index (χ4n) is 4.98. The molecule has 3 aliphatic rings. The van der Waals surface area contributed by atoms with E-state index < -0.39 is 6.09 Å². The number of fused-ring (bicyclic) bond motifs is 3. The number of carbonyl (C=O) groups is 1. The minimum Gasteiger partial charge on any atom is -0.497 e. The summed E-state index contributed by atoms with van der Waals surface area (Å²) >= 11 is 0. The number of nitrogens with zero attached hydrogens (tertiary/aromatic N) is 3. The third-order valence-corrected chi connectivity index (χ3v) is 6.63. The van der Waals surface area contributed by atoms with Gasteiger partial charge in [-0.2, -0.15) is 0 Å². The molecule has 0 saturated carbocycles. The van der Waals surface area contributed by atoms with Crippen molar-refractivity contribution in [1.29, 1.82) is 0 Å². The first kappa shape index (κ1) is 21.5. The van der Waals surface area contributed by atoms with Crippen LogP contribution in [-0.4, -0.2) is 53.8 Å². The third kappa shape index (κ3) is 4.71. The van der Waals surface area contributed by atoms with Gasteiger partial charge in [-0.3, -0.25) is 10.2 Å². The number of aryl methyl sites for hydroxylation is 1. The van der Waals surface area contributed by atoms with Crippen LogP contribution < -0.4 is 10.1 Å². The molecule has 1 N–H and O–H groups in total. The van der Waals surface area contributed by atoms with E-state index in [1.807, 2.05) is 19.1 Å². The highest BCUT2D eigenvalue weighted by atomic mass is 16.5. The first-order valence-electron chi connectivity index (χ1n) is 11.3. The Morgan fingerprint density at radius 1 is 1.24 bits per heavy atom. The number of piperidine rings is 3. The highest BCUT2D eigenvalue weighted by molar-refractivity contribution is 5.84. The van der Waals surface area contributed by atoms with Crippen LogP contribution in [0.15, 0.2) is 53.1 Å². The Balaban J connectivity index is 1.20. The van der Waals surface area contributed by atoms with Gasteiger partial charge in [-0.1, -0.05) is 0 Å². The molecule has 8 heteroatoms. The third-order valence-electron chi connectivity index (χ3n) is 6.63. The first-order chi connectivity index (χ1) is 16.1. The van der Waals surface area contributed by atoms with Crippen molar-refractivity contribution in [3.63, 3.8) is 0 Å². The lowest BCUT2D eigenvalue weighted by Gasteiger charge is -2.49. The molecule has 6 rings (SSSR count). The molecule has 4 unspecified atom stereocenters. The minimum absolute atomic E-state index is 0.231. The molecule has 5 heterocycles. The average Bonchev–Trinajstić information content (AvgIpc) is 3.38. The van der Waals surface area contributed by atoms with E-state index >= 15 is 0 Å². The lowest BCUT2D eigenvalue weighted by atomic mass is 9.74. The minimum atomic E-state index is -0.436. The summed E-state index contributed by atoms with van der Waals surface area (Å²) in [5.74, 6) is 3.11. The largest absolute Gasteiger partial charge is 0.497 e. The molecule has 2 aromatic heterocycles. The summed E-state index contributed by atoms with van der Waals surface area (Å²) in [6.07, 6.45) is 3.34. The highest BCUT2D eigenvalue weighted by Gasteiger charge is 2.42. The Morgan fingerprint density at radius 2 is 2.09 bits per heavy atom. The van der Waals surface area contributed by atoms with E-state index in [9.17, 15) is 4.79 Å². The van der Waals surface area contributed by atoms with Gasteiger partial charge >= 0.3 is 6.09 Å². The Hall–Kier alpha value is -3.39. The number of hydrogen-bond acceptors (Lipinski definition) is 7. The van der Waals surface area contributed by atoms with Gasteiger partial charge in [0.15, 0.2) is 5.76 Å². The zero-order valence-electron chi connectivity index (χ0n) is 18.9. The zero-order chi connectivity index (χ0) is 22.8. The molecule has 3 fully saturated rings. The maximum Gasteiger partial charge on any atom is 0.411 e. The molecule has 3 saturated heterocycles. The molecule has 4 atom stereocenters. The summed E-state index contributed by atoms with van der Waals surface area (Å²) < 4.78 is 16.2. The molecule has 0 radical (unpaired) electrons. The van der Waals surface area contributed by atoms with Crippen LogP contribution >= 0.6 is 0 Å². The monoisotopic (exact) mass is 448 g/mol. The second-order valence-corrected chi connectivity index (χ2v) is 8.69. The Bertz CT molecular complexity index is 1100. The number of carbonyl (C=O) groups excluding carboxylic acids is 1. The van der Waals surface area contributed by atoms with E-state index in [4.69, 9.17) is 18.9 Å². The second kappa shape index (κ2) is 9.23. The van der Waals surface area contributed by atoms with E-state index in [0.29, 0.717) is 24.1 Å². The van der Waals surface area contributed by atoms with Gasteiger partial charge in [0.1, 0.15) is 23.9 Å². The van der Waals surface area contributed by atoms with Crippen molar-refractivity contribution in [1.82, 2.24) is 14.9 Å². The maximum atomic E-state index is 12.3.